The number of amides is 1. The molecule has 1 aromatic carbocycles. The van der Waals surface area contributed by atoms with Gasteiger partial charge < -0.3 is 10.2 Å². The number of anilines is 2. The van der Waals surface area contributed by atoms with Crippen LogP contribution in [0.1, 0.15) is 17.4 Å². The number of aryl methyl sites for hydroxylation is 2. The van der Waals surface area contributed by atoms with Crippen molar-refractivity contribution in [3.05, 3.63) is 47.1 Å². The fourth-order valence-electron chi connectivity index (χ4n) is 2.67. The lowest BCUT2D eigenvalue weighted by molar-refractivity contribution is -0.116. The van der Waals surface area contributed by atoms with E-state index in [1.165, 1.54) is 11.2 Å². The summed E-state index contributed by atoms with van der Waals surface area (Å²) in [6.45, 7) is 6.86. The summed E-state index contributed by atoms with van der Waals surface area (Å²) in [5.41, 5.74) is 2.06. The van der Waals surface area contributed by atoms with Crippen LogP contribution in [0.3, 0.4) is 0 Å². The summed E-state index contributed by atoms with van der Waals surface area (Å²) in [7, 11) is 0. The van der Waals surface area contributed by atoms with Gasteiger partial charge in [-0.2, -0.15) is 0 Å². The second-order valence-electron chi connectivity index (χ2n) is 5.63. The van der Waals surface area contributed by atoms with E-state index in [1.807, 2.05) is 51.1 Å². The summed E-state index contributed by atoms with van der Waals surface area (Å²) >= 11 is 1.62. The lowest BCUT2D eigenvalue weighted by Crippen LogP contribution is -2.35. The molecule has 1 N–H and O–H groups in total. The number of benzene rings is 1. The Morgan fingerprint density at radius 3 is 2.83 bits per heavy atom. The molecule has 2 heterocycles. The van der Waals surface area contributed by atoms with E-state index in [0.29, 0.717) is 12.4 Å². The number of rotatable bonds is 5. The van der Waals surface area contributed by atoms with Crippen molar-refractivity contribution in [1.82, 2.24) is 9.97 Å². The molecule has 0 aliphatic carbocycles. The number of carbonyl (C=O) groups excluding carboxylic acids is 1. The molecule has 2 aromatic heterocycles. The number of hydrogen-bond acceptors (Lipinski definition) is 5. The Balaban J connectivity index is 1.76. The molecule has 0 radical (unpaired) electrons. The summed E-state index contributed by atoms with van der Waals surface area (Å²) in [6.07, 6.45) is 1.53. The van der Waals surface area contributed by atoms with Gasteiger partial charge >= 0.3 is 0 Å². The van der Waals surface area contributed by atoms with Crippen LogP contribution in [0.5, 0.6) is 0 Å². The highest BCUT2D eigenvalue weighted by Gasteiger charge is 2.15. The minimum absolute atomic E-state index is 0.0156. The molecule has 0 saturated heterocycles. The quantitative estimate of drug-likeness (QED) is 0.768. The van der Waals surface area contributed by atoms with Gasteiger partial charge in [0.1, 0.15) is 17.0 Å². The van der Waals surface area contributed by atoms with E-state index in [2.05, 4.69) is 15.3 Å². The minimum Gasteiger partial charge on any atom is -0.360 e. The molecule has 1 amide bonds. The average molecular weight is 340 g/mol. The number of carbonyl (C=O) groups is 1. The van der Waals surface area contributed by atoms with Crippen LogP contribution in [0.2, 0.25) is 0 Å². The maximum absolute atomic E-state index is 12.6. The first kappa shape index (κ1) is 16.4. The zero-order chi connectivity index (χ0) is 17.1. The van der Waals surface area contributed by atoms with Crippen LogP contribution < -0.4 is 10.2 Å². The third kappa shape index (κ3) is 3.38. The van der Waals surface area contributed by atoms with E-state index in [4.69, 9.17) is 0 Å². The molecule has 5 nitrogen and oxygen atoms in total. The van der Waals surface area contributed by atoms with Crippen LogP contribution >= 0.6 is 11.3 Å². The van der Waals surface area contributed by atoms with E-state index >= 15 is 0 Å². The van der Waals surface area contributed by atoms with Gasteiger partial charge in [-0.15, -0.1) is 11.3 Å². The summed E-state index contributed by atoms with van der Waals surface area (Å²) in [5, 5.41) is 4.13. The largest absolute Gasteiger partial charge is 0.360 e. The molecule has 24 heavy (non-hydrogen) atoms. The zero-order valence-electron chi connectivity index (χ0n) is 14.0. The van der Waals surface area contributed by atoms with Crippen molar-refractivity contribution in [1.29, 1.82) is 0 Å². The molecule has 0 saturated carbocycles. The Bertz CT molecular complexity index is 874. The van der Waals surface area contributed by atoms with E-state index < -0.39 is 0 Å². The van der Waals surface area contributed by atoms with Crippen LogP contribution in [-0.2, 0) is 4.79 Å². The van der Waals surface area contributed by atoms with Crippen molar-refractivity contribution in [3.63, 3.8) is 0 Å². The molecule has 6 heteroatoms. The first-order valence-electron chi connectivity index (χ1n) is 7.90. The Labute approximate surface area is 145 Å². The molecular formula is C18H20N4OS. The Morgan fingerprint density at radius 1 is 1.25 bits per heavy atom. The molecule has 3 aromatic rings. The van der Waals surface area contributed by atoms with Crippen molar-refractivity contribution in [2.75, 3.05) is 23.3 Å². The second-order valence-corrected chi connectivity index (χ2v) is 6.86. The summed E-state index contributed by atoms with van der Waals surface area (Å²) < 4.78 is 0. The predicted octanol–water partition coefficient (Wildman–Crippen LogP) is 3.77. The van der Waals surface area contributed by atoms with Gasteiger partial charge in [-0.1, -0.05) is 12.1 Å². The second kappa shape index (κ2) is 6.97. The average Bonchev–Trinajstić information content (AvgIpc) is 2.94. The summed E-state index contributed by atoms with van der Waals surface area (Å²) in [6, 6.07) is 10.0. The zero-order valence-corrected chi connectivity index (χ0v) is 14.9. The van der Waals surface area contributed by atoms with Crippen molar-refractivity contribution in [3.8, 4) is 0 Å². The number of hydrogen-bond donors (Lipinski definition) is 1. The molecule has 0 spiro atoms. The highest BCUT2D eigenvalue weighted by Crippen LogP contribution is 2.27. The van der Waals surface area contributed by atoms with Gasteiger partial charge in [-0.25, -0.2) is 9.97 Å². The fraction of sp³-hybridized carbons (Fsp3) is 0.278. The van der Waals surface area contributed by atoms with Gasteiger partial charge in [0.25, 0.3) is 0 Å². The van der Waals surface area contributed by atoms with Crippen LogP contribution in [-0.4, -0.2) is 29.0 Å². The molecule has 0 unspecified atom stereocenters. The van der Waals surface area contributed by atoms with Gasteiger partial charge in [-0.3, -0.25) is 4.79 Å². The van der Waals surface area contributed by atoms with E-state index in [0.717, 1.165) is 21.5 Å². The molecule has 3 rings (SSSR count). The van der Waals surface area contributed by atoms with Crippen molar-refractivity contribution in [2.45, 2.75) is 20.8 Å². The topological polar surface area (TPSA) is 58.1 Å². The van der Waals surface area contributed by atoms with E-state index in [-0.39, 0.29) is 12.5 Å². The van der Waals surface area contributed by atoms with Gasteiger partial charge in [0.15, 0.2) is 0 Å². The Hall–Kier alpha value is -2.47. The van der Waals surface area contributed by atoms with E-state index in [1.54, 1.807) is 16.2 Å². The molecule has 0 aliphatic rings. The van der Waals surface area contributed by atoms with Crippen molar-refractivity contribution in [2.24, 2.45) is 0 Å². The summed E-state index contributed by atoms with van der Waals surface area (Å²) in [5.74, 6) is 0.722. The van der Waals surface area contributed by atoms with Crippen LogP contribution in [0, 0.1) is 13.8 Å². The lowest BCUT2D eigenvalue weighted by Gasteiger charge is -2.22. The highest BCUT2D eigenvalue weighted by molar-refractivity contribution is 7.18. The van der Waals surface area contributed by atoms with Crippen molar-refractivity contribution < 1.29 is 4.79 Å². The lowest BCUT2D eigenvalue weighted by atomic mass is 10.2. The van der Waals surface area contributed by atoms with Crippen LogP contribution in [0.25, 0.3) is 10.2 Å². The standard InChI is InChI=1S/C18H20N4OS/c1-4-22(14-7-5-6-12(2)8-14)16(23)10-19-17-15-9-13(3)24-18(15)21-11-20-17/h5-9,11H,4,10H2,1-3H3,(H,19,20,21). The van der Waals surface area contributed by atoms with Crippen molar-refractivity contribution >= 4 is 39.0 Å². The molecular weight excluding hydrogens is 320 g/mol. The highest BCUT2D eigenvalue weighted by atomic mass is 32.1. The van der Waals surface area contributed by atoms with Crippen LogP contribution in [0.4, 0.5) is 11.5 Å². The summed E-state index contributed by atoms with van der Waals surface area (Å²) in [4.78, 5) is 25.1. The third-order valence-electron chi connectivity index (χ3n) is 3.79. The first-order chi connectivity index (χ1) is 11.6. The van der Waals surface area contributed by atoms with Crippen LogP contribution in [0.15, 0.2) is 36.7 Å². The monoisotopic (exact) mass is 340 g/mol. The number of nitrogens with one attached hydrogen (secondary N) is 1. The maximum Gasteiger partial charge on any atom is 0.246 e. The third-order valence-corrected chi connectivity index (χ3v) is 4.75. The smallest absolute Gasteiger partial charge is 0.246 e. The predicted molar refractivity (Wildman–Crippen MR) is 99.8 cm³/mol. The minimum atomic E-state index is 0.0156. The number of thiophene rings is 1. The van der Waals surface area contributed by atoms with Gasteiger partial charge in [0, 0.05) is 17.1 Å². The fourth-order valence-corrected chi connectivity index (χ4v) is 3.52. The first-order valence-corrected chi connectivity index (χ1v) is 8.72. The molecule has 0 aliphatic heterocycles. The molecule has 0 bridgehead atoms. The normalized spacial score (nSPS) is 10.8. The molecule has 0 atom stereocenters. The maximum atomic E-state index is 12.6. The molecule has 124 valence electrons. The Morgan fingerprint density at radius 2 is 2.08 bits per heavy atom. The number of likely N-dealkylation sites (N-methyl/N-ethyl adjacent to an activating group) is 1. The van der Waals surface area contributed by atoms with E-state index in [9.17, 15) is 4.79 Å². The van der Waals surface area contributed by atoms with Gasteiger partial charge in [0.05, 0.1) is 11.9 Å². The van der Waals surface area contributed by atoms with Gasteiger partial charge in [0.2, 0.25) is 5.91 Å². The SMILES string of the molecule is CCN(C(=O)CNc1ncnc2sc(C)cc12)c1cccc(C)c1. The number of aromatic nitrogens is 2. The molecule has 0 fully saturated rings. The number of nitrogens with zero attached hydrogens (tertiary/aromatic N) is 3. The number of fused-ring (bicyclic) bond motifs is 1. The van der Waals surface area contributed by atoms with Gasteiger partial charge in [-0.05, 0) is 44.5 Å². The Kier molecular flexibility index (Phi) is 4.76.